The molecule has 0 bridgehead atoms. The third-order valence-corrected chi connectivity index (χ3v) is 4.25. The first-order chi connectivity index (χ1) is 9.85. The van der Waals surface area contributed by atoms with Gasteiger partial charge in [0.05, 0.1) is 17.2 Å². The van der Waals surface area contributed by atoms with Gasteiger partial charge in [-0.1, -0.05) is 12.1 Å². The van der Waals surface area contributed by atoms with Crippen LogP contribution in [0.25, 0.3) is 0 Å². The zero-order chi connectivity index (χ0) is 15.6. The summed E-state index contributed by atoms with van der Waals surface area (Å²) in [7, 11) is -4.08. The predicted octanol–water partition coefficient (Wildman–Crippen LogP) is 2.57. The SMILES string of the molecule is Cc1cc(S(=O)(=O)Nc2ccccc2F)cc(CO)c1F. The Bertz CT molecular complexity index is 776. The highest BCUT2D eigenvalue weighted by molar-refractivity contribution is 7.92. The average Bonchev–Trinajstić information content (AvgIpc) is 2.44. The summed E-state index contributed by atoms with van der Waals surface area (Å²) in [6.07, 6.45) is 0. The number of nitrogens with one attached hydrogen (secondary N) is 1. The van der Waals surface area contributed by atoms with Gasteiger partial charge in [0.15, 0.2) is 0 Å². The first-order valence-corrected chi connectivity index (χ1v) is 7.50. The van der Waals surface area contributed by atoms with Crippen LogP contribution in [-0.4, -0.2) is 13.5 Å². The summed E-state index contributed by atoms with van der Waals surface area (Å²) < 4.78 is 53.6. The van der Waals surface area contributed by atoms with Crippen LogP contribution in [0.3, 0.4) is 0 Å². The molecule has 21 heavy (non-hydrogen) atoms. The molecule has 2 aromatic rings. The highest BCUT2D eigenvalue weighted by Crippen LogP contribution is 2.23. The van der Waals surface area contributed by atoms with Crippen molar-refractivity contribution in [2.45, 2.75) is 18.4 Å². The van der Waals surface area contributed by atoms with Gasteiger partial charge in [0, 0.05) is 5.56 Å². The van der Waals surface area contributed by atoms with Crippen LogP contribution < -0.4 is 4.72 Å². The molecule has 0 heterocycles. The van der Waals surface area contributed by atoms with Crippen molar-refractivity contribution in [2.75, 3.05) is 4.72 Å². The fraction of sp³-hybridized carbons (Fsp3) is 0.143. The second-order valence-electron chi connectivity index (χ2n) is 4.46. The smallest absolute Gasteiger partial charge is 0.262 e. The summed E-state index contributed by atoms with van der Waals surface area (Å²) in [5.41, 5.74) is -0.260. The summed E-state index contributed by atoms with van der Waals surface area (Å²) in [5.74, 6) is -1.38. The number of para-hydroxylation sites is 1. The van der Waals surface area contributed by atoms with Gasteiger partial charge in [0.25, 0.3) is 10.0 Å². The molecule has 0 aliphatic rings. The van der Waals surface area contributed by atoms with Crippen LogP contribution in [0.4, 0.5) is 14.5 Å². The van der Waals surface area contributed by atoms with E-state index in [9.17, 15) is 17.2 Å². The van der Waals surface area contributed by atoms with Crippen molar-refractivity contribution in [3.05, 3.63) is 59.2 Å². The number of benzene rings is 2. The van der Waals surface area contributed by atoms with E-state index in [0.29, 0.717) is 0 Å². The van der Waals surface area contributed by atoms with Gasteiger partial charge in [0.2, 0.25) is 0 Å². The summed E-state index contributed by atoms with van der Waals surface area (Å²) in [4.78, 5) is -0.242. The number of aliphatic hydroxyl groups excluding tert-OH is 1. The standard InChI is InChI=1S/C14H13F2NO3S/c1-9-6-11(7-10(8-18)14(9)16)21(19,20)17-13-5-3-2-4-12(13)15/h2-7,17-18H,8H2,1H3. The molecule has 0 saturated heterocycles. The zero-order valence-corrected chi connectivity index (χ0v) is 11.9. The lowest BCUT2D eigenvalue weighted by atomic mass is 10.1. The molecular weight excluding hydrogens is 300 g/mol. The third-order valence-electron chi connectivity index (χ3n) is 2.90. The first-order valence-electron chi connectivity index (χ1n) is 6.02. The lowest BCUT2D eigenvalue weighted by molar-refractivity contribution is 0.275. The molecule has 4 nitrogen and oxygen atoms in total. The van der Waals surface area contributed by atoms with E-state index in [0.717, 1.165) is 18.2 Å². The molecule has 0 radical (unpaired) electrons. The maximum atomic E-state index is 13.6. The molecule has 0 aliphatic heterocycles. The first kappa shape index (κ1) is 15.4. The molecule has 0 atom stereocenters. The molecule has 7 heteroatoms. The molecule has 0 spiro atoms. The molecule has 0 aliphatic carbocycles. The predicted molar refractivity (Wildman–Crippen MR) is 74.3 cm³/mol. The highest BCUT2D eigenvalue weighted by atomic mass is 32.2. The van der Waals surface area contributed by atoms with Gasteiger partial charge in [-0.3, -0.25) is 4.72 Å². The van der Waals surface area contributed by atoms with E-state index >= 15 is 0 Å². The molecule has 2 aromatic carbocycles. The van der Waals surface area contributed by atoms with Gasteiger partial charge in [-0.05, 0) is 36.8 Å². The number of hydrogen-bond donors (Lipinski definition) is 2. The van der Waals surface area contributed by atoms with E-state index in [1.165, 1.54) is 25.1 Å². The van der Waals surface area contributed by atoms with Crippen LogP contribution in [0.5, 0.6) is 0 Å². The van der Waals surface area contributed by atoms with Gasteiger partial charge >= 0.3 is 0 Å². The second-order valence-corrected chi connectivity index (χ2v) is 6.14. The van der Waals surface area contributed by atoms with Crippen LogP contribution in [0.1, 0.15) is 11.1 Å². The molecule has 2 rings (SSSR count). The maximum Gasteiger partial charge on any atom is 0.262 e. The molecule has 0 amide bonds. The second kappa shape index (κ2) is 5.79. The summed E-state index contributed by atoms with van der Waals surface area (Å²) in [6.45, 7) is 0.756. The summed E-state index contributed by atoms with van der Waals surface area (Å²) >= 11 is 0. The monoisotopic (exact) mass is 313 g/mol. The minimum atomic E-state index is -4.08. The molecule has 2 N–H and O–H groups in total. The lowest BCUT2D eigenvalue weighted by Gasteiger charge is -2.11. The third kappa shape index (κ3) is 3.20. The quantitative estimate of drug-likeness (QED) is 0.911. The minimum Gasteiger partial charge on any atom is -0.392 e. The van der Waals surface area contributed by atoms with Crippen LogP contribution >= 0.6 is 0 Å². The highest BCUT2D eigenvalue weighted by Gasteiger charge is 2.19. The molecule has 0 unspecified atom stereocenters. The van der Waals surface area contributed by atoms with Crippen molar-refractivity contribution in [2.24, 2.45) is 0 Å². The van der Waals surface area contributed by atoms with Crippen molar-refractivity contribution in [3.8, 4) is 0 Å². The summed E-state index contributed by atoms with van der Waals surface area (Å²) in [6, 6.07) is 7.45. The van der Waals surface area contributed by atoms with Crippen molar-refractivity contribution >= 4 is 15.7 Å². The molecule has 0 fully saturated rings. The lowest BCUT2D eigenvalue weighted by Crippen LogP contribution is -2.15. The van der Waals surface area contributed by atoms with Gasteiger partial charge in [-0.15, -0.1) is 0 Å². The van der Waals surface area contributed by atoms with Gasteiger partial charge in [0.1, 0.15) is 11.6 Å². The number of aryl methyl sites for hydroxylation is 1. The number of rotatable bonds is 4. The minimum absolute atomic E-state index is 0.0791. The fourth-order valence-electron chi connectivity index (χ4n) is 1.82. The van der Waals surface area contributed by atoms with Gasteiger partial charge < -0.3 is 5.11 Å². The fourth-order valence-corrected chi connectivity index (χ4v) is 3.03. The largest absolute Gasteiger partial charge is 0.392 e. The molecule has 0 saturated carbocycles. The topological polar surface area (TPSA) is 66.4 Å². The summed E-state index contributed by atoms with van der Waals surface area (Å²) in [5, 5.41) is 9.05. The average molecular weight is 313 g/mol. The number of anilines is 1. The van der Waals surface area contributed by atoms with Crippen LogP contribution in [0, 0.1) is 18.6 Å². The van der Waals surface area contributed by atoms with Crippen LogP contribution in [0.15, 0.2) is 41.3 Å². The Hall–Kier alpha value is -1.99. The van der Waals surface area contributed by atoms with E-state index in [1.54, 1.807) is 0 Å². The Morgan fingerprint density at radius 1 is 1.19 bits per heavy atom. The van der Waals surface area contributed by atoms with E-state index < -0.39 is 28.3 Å². The molecule has 0 aromatic heterocycles. The van der Waals surface area contributed by atoms with Crippen molar-refractivity contribution in [3.63, 3.8) is 0 Å². The van der Waals surface area contributed by atoms with E-state index in [-0.39, 0.29) is 21.7 Å². The number of halogens is 2. The van der Waals surface area contributed by atoms with E-state index in [1.807, 2.05) is 0 Å². The van der Waals surface area contributed by atoms with E-state index in [4.69, 9.17) is 5.11 Å². The zero-order valence-electron chi connectivity index (χ0n) is 11.1. The number of hydrogen-bond acceptors (Lipinski definition) is 3. The van der Waals surface area contributed by atoms with Crippen molar-refractivity contribution < 1.29 is 22.3 Å². The Morgan fingerprint density at radius 2 is 1.86 bits per heavy atom. The van der Waals surface area contributed by atoms with Crippen molar-refractivity contribution in [1.29, 1.82) is 0 Å². The Morgan fingerprint density at radius 3 is 2.48 bits per heavy atom. The molecular formula is C14H13F2NO3S. The van der Waals surface area contributed by atoms with Gasteiger partial charge in [-0.25, -0.2) is 17.2 Å². The Balaban J connectivity index is 2.45. The molecule has 112 valence electrons. The normalized spacial score (nSPS) is 11.4. The number of aliphatic hydroxyl groups is 1. The van der Waals surface area contributed by atoms with Gasteiger partial charge in [-0.2, -0.15) is 0 Å². The van der Waals surface area contributed by atoms with Crippen LogP contribution in [0.2, 0.25) is 0 Å². The van der Waals surface area contributed by atoms with E-state index in [2.05, 4.69) is 4.72 Å². The van der Waals surface area contributed by atoms with Crippen molar-refractivity contribution in [1.82, 2.24) is 0 Å². The maximum absolute atomic E-state index is 13.6. The Kier molecular flexibility index (Phi) is 4.24. The number of sulfonamides is 1. The van der Waals surface area contributed by atoms with Crippen LogP contribution in [-0.2, 0) is 16.6 Å². The Labute approximate surface area is 121 Å².